The van der Waals surface area contributed by atoms with Gasteiger partial charge in [0.1, 0.15) is 12.4 Å². The first-order chi connectivity index (χ1) is 9.44. The van der Waals surface area contributed by atoms with Gasteiger partial charge in [0.25, 0.3) is 0 Å². The minimum atomic E-state index is 0.149. The highest BCUT2D eigenvalue weighted by molar-refractivity contribution is 5.54. The van der Waals surface area contributed by atoms with Crippen LogP contribution in [0.5, 0.6) is 5.75 Å². The molecule has 0 saturated carbocycles. The molecular weight excluding hydrogens is 246 g/mol. The quantitative estimate of drug-likeness (QED) is 0.742. The van der Waals surface area contributed by atoms with Crippen molar-refractivity contribution >= 4 is 6.08 Å². The minimum absolute atomic E-state index is 0.149. The molecule has 1 aromatic carbocycles. The van der Waals surface area contributed by atoms with Crippen LogP contribution in [0.4, 0.5) is 0 Å². The smallest absolute Gasteiger partial charge is 0.119 e. The van der Waals surface area contributed by atoms with E-state index in [0.29, 0.717) is 6.61 Å². The molecule has 1 rings (SSSR count). The lowest BCUT2D eigenvalue weighted by molar-refractivity contribution is 0.363. The third kappa shape index (κ3) is 6.58. The fourth-order valence-electron chi connectivity index (χ4n) is 1.71. The summed E-state index contributed by atoms with van der Waals surface area (Å²) >= 11 is 0. The third-order valence-electron chi connectivity index (χ3n) is 2.92. The molecule has 1 N–H and O–H groups in total. The highest BCUT2D eigenvalue weighted by atomic mass is 16.5. The van der Waals surface area contributed by atoms with E-state index in [9.17, 15) is 0 Å². The summed E-state index contributed by atoms with van der Waals surface area (Å²) in [5.74, 6) is 0.882. The first kappa shape index (κ1) is 16.5. The fourth-order valence-corrected chi connectivity index (χ4v) is 1.71. The van der Waals surface area contributed by atoms with Crippen LogP contribution >= 0.6 is 0 Å². The molecule has 110 valence electrons. The topological polar surface area (TPSA) is 21.3 Å². The highest BCUT2D eigenvalue weighted by Gasteiger charge is 2.08. The Morgan fingerprint density at radius 2 is 1.90 bits per heavy atom. The van der Waals surface area contributed by atoms with Gasteiger partial charge >= 0.3 is 0 Å². The average molecular weight is 273 g/mol. The molecule has 0 bridgehead atoms. The number of rotatable bonds is 7. The van der Waals surface area contributed by atoms with Crippen LogP contribution in [0.1, 0.15) is 39.7 Å². The summed E-state index contributed by atoms with van der Waals surface area (Å²) in [6.07, 6.45) is 5.05. The van der Waals surface area contributed by atoms with E-state index in [2.05, 4.69) is 57.8 Å². The predicted octanol–water partition coefficient (Wildman–Crippen LogP) is 4.43. The molecule has 0 aliphatic rings. The van der Waals surface area contributed by atoms with Gasteiger partial charge in [0, 0.05) is 12.1 Å². The molecule has 0 spiro atoms. The molecule has 0 fully saturated rings. The third-order valence-corrected chi connectivity index (χ3v) is 2.92. The number of benzene rings is 1. The molecule has 0 unspecified atom stereocenters. The van der Waals surface area contributed by atoms with Gasteiger partial charge in [-0.3, -0.25) is 0 Å². The molecule has 0 amide bonds. The van der Waals surface area contributed by atoms with E-state index in [1.807, 2.05) is 12.1 Å². The van der Waals surface area contributed by atoms with Crippen LogP contribution < -0.4 is 10.1 Å². The Balaban J connectivity index is 2.67. The standard InChI is InChI=1S/C18H27NO/c1-6-12-20-17-10-8-16(9-11-17)13-15(7-2)14-19-18(3,4)5/h6,8-11,13,19H,1,7,12,14H2,2-5H3. The highest BCUT2D eigenvalue weighted by Crippen LogP contribution is 2.16. The van der Waals surface area contributed by atoms with Crippen molar-refractivity contribution in [1.29, 1.82) is 0 Å². The van der Waals surface area contributed by atoms with Crippen LogP contribution in [-0.2, 0) is 0 Å². The molecule has 20 heavy (non-hydrogen) atoms. The van der Waals surface area contributed by atoms with E-state index in [1.165, 1.54) is 11.1 Å². The van der Waals surface area contributed by atoms with Crippen LogP contribution in [0.15, 0.2) is 42.5 Å². The lowest BCUT2D eigenvalue weighted by atomic mass is 10.1. The van der Waals surface area contributed by atoms with Gasteiger partial charge < -0.3 is 10.1 Å². The molecule has 0 heterocycles. The SMILES string of the molecule is C=CCOc1ccc(C=C(CC)CNC(C)(C)C)cc1. The van der Waals surface area contributed by atoms with E-state index in [1.54, 1.807) is 6.08 Å². The predicted molar refractivity (Wildman–Crippen MR) is 88.2 cm³/mol. The zero-order valence-corrected chi connectivity index (χ0v) is 13.2. The van der Waals surface area contributed by atoms with Crippen LogP contribution in [0, 0.1) is 0 Å². The molecular formula is C18H27NO. The van der Waals surface area contributed by atoms with Gasteiger partial charge in [-0.15, -0.1) is 0 Å². The lowest BCUT2D eigenvalue weighted by Gasteiger charge is -2.21. The first-order valence-electron chi connectivity index (χ1n) is 7.23. The Morgan fingerprint density at radius 1 is 1.25 bits per heavy atom. The second-order valence-corrected chi connectivity index (χ2v) is 5.93. The number of nitrogens with one attached hydrogen (secondary N) is 1. The maximum Gasteiger partial charge on any atom is 0.119 e. The zero-order chi connectivity index (χ0) is 15.0. The molecule has 0 radical (unpaired) electrons. The molecule has 0 aliphatic heterocycles. The lowest BCUT2D eigenvalue weighted by Crippen LogP contribution is -2.36. The minimum Gasteiger partial charge on any atom is -0.490 e. The van der Waals surface area contributed by atoms with Crippen molar-refractivity contribution in [2.75, 3.05) is 13.2 Å². The second-order valence-electron chi connectivity index (χ2n) is 5.93. The monoisotopic (exact) mass is 273 g/mol. The van der Waals surface area contributed by atoms with Gasteiger partial charge in [0.05, 0.1) is 0 Å². The normalized spacial score (nSPS) is 12.3. The average Bonchev–Trinajstić information content (AvgIpc) is 2.41. The molecule has 2 heteroatoms. The molecule has 0 atom stereocenters. The molecule has 1 aromatic rings. The van der Waals surface area contributed by atoms with Gasteiger partial charge in [-0.25, -0.2) is 0 Å². The van der Waals surface area contributed by atoms with Crippen molar-refractivity contribution in [2.45, 2.75) is 39.7 Å². The fraction of sp³-hybridized carbons (Fsp3) is 0.444. The Kier molecular flexibility index (Phi) is 6.53. The Bertz CT molecular complexity index is 437. The van der Waals surface area contributed by atoms with Crippen molar-refractivity contribution in [3.8, 4) is 5.75 Å². The summed E-state index contributed by atoms with van der Waals surface area (Å²) in [6.45, 7) is 13.9. The summed E-state index contributed by atoms with van der Waals surface area (Å²) in [5, 5.41) is 3.53. The van der Waals surface area contributed by atoms with Crippen molar-refractivity contribution in [3.05, 3.63) is 48.1 Å². The van der Waals surface area contributed by atoms with E-state index >= 15 is 0 Å². The summed E-state index contributed by atoms with van der Waals surface area (Å²) in [7, 11) is 0. The number of ether oxygens (including phenoxy) is 1. The first-order valence-corrected chi connectivity index (χ1v) is 7.23. The summed E-state index contributed by atoms with van der Waals surface area (Å²) in [5.41, 5.74) is 2.76. The number of hydrogen-bond donors (Lipinski definition) is 1. The Morgan fingerprint density at radius 3 is 2.40 bits per heavy atom. The molecule has 0 aliphatic carbocycles. The van der Waals surface area contributed by atoms with Crippen molar-refractivity contribution in [1.82, 2.24) is 5.32 Å². The van der Waals surface area contributed by atoms with Crippen LogP contribution in [-0.4, -0.2) is 18.7 Å². The van der Waals surface area contributed by atoms with Gasteiger partial charge in [0.2, 0.25) is 0 Å². The zero-order valence-electron chi connectivity index (χ0n) is 13.2. The van der Waals surface area contributed by atoms with Crippen molar-refractivity contribution in [2.24, 2.45) is 0 Å². The van der Waals surface area contributed by atoms with Crippen LogP contribution in [0.3, 0.4) is 0 Å². The molecule has 0 aromatic heterocycles. The van der Waals surface area contributed by atoms with Gasteiger partial charge in [-0.1, -0.05) is 43.4 Å². The van der Waals surface area contributed by atoms with E-state index in [4.69, 9.17) is 4.74 Å². The summed E-state index contributed by atoms with van der Waals surface area (Å²) < 4.78 is 5.48. The number of hydrogen-bond acceptors (Lipinski definition) is 2. The van der Waals surface area contributed by atoms with E-state index < -0.39 is 0 Å². The van der Waals surface area contributed by atoms with E-state index in [0.717, 1.165) is 18.7 Å². The summed E-state index contributed by atoms with van der Waals surface area (Å²) in [4.78, 5) is 0. The maximum absolute atomic E-state index is 5.48. The molecule has 0 saturated heterocycles. The van der Waals surface area contributed by atoms with Gasteiger partial charge in [-0.2, -0.15) is 0 Å². The maximum atomic E-state index is 5.48. The Hall–Kier alpha value is -1.54. The summed E-state index contributed by atoms with van der Waals surface area (Å²) in [6, 6.07) is 8.18. The largest absolute Gasteiger partial charge is 0.490 e. The molecule has 2 nitrogen and oxygen atoms in total. The van der Waals surface area contributed by atoms with Crippen molar-refractivity contribution < 1.29 is 4.74 Å². The Labute approximate surface area is 123 Å². The second kappa shape index (κ2) is 7.91. The van der Waals surface area contributed by atoms with Gasteiger partial charge in [0.15, 0.2) is 0 Å². The van der Waals surface area contributed by atoms with Gasteiger partial charge in [-0.05, 0) is 44.9 Å². The van der Waals surface area contributed by atoms with E-state index in [-0.39, 0.29) is 5.54 Å². The van der Waals surface area contributed by atoms with Crippen LogP contribution in [0.2, 0.25) is 0 Å². The van der Waals surface area contributed by atoms with Crippen molar-refractivity contribution in [3.63, 3.8) is 0 Å². The van der Waals surface area contributed by atoms with Crippen LogP contribution in [0.25, 0.3) is 6.08 Å².